The van der Waals surface area contributed by atoms with Gasteiger partial charge in [0.15, 0.2) is 0 Å². The molecule has 0 saturated carbocycles. The van der Waals surface area contributed by atoms with E-state index in [1.165, 1.54) is 18.4 Å². The second-order valence-corrected chi connectivity index (χ2v) is 7.25. The first-order chi connectivity index (χ1) is 11.6. The fourth-order valence-electron chi connectivity index (χ4n) is 3.35. The van der Waals surface area contributed by atoms with Crippen LogP contribution in [-0.2, 0) is 0 Å². The molecule has 0 aromatic heterocycles. The third-order valence-electron chi connectivity index (χ3n) is 4.65. The molecule has 1 unspecified atom stereocenters. The molecular formula is C20H23BrN2O. The lowest BCUT2D eigenvalue weighted by molar-refractivity contribution is 0.0937. The molecule has 1 fully saturated rings. The standard InChI is InChI=1S/C20H23BrN2O/c1-15-13-17(21)9-10-18(15)20(24)22-14-19(23-11-5-6-12-23)16-7-3-2-4-8-16/h2-4,7-10,13,19H,5-6,11-12,14H2,1H3,(H,22,24). The van der Waals surface area contributed by atoms with Gasteiger partial charge in [0.05, 0.1) is 6.04 Å². The monoisotopic (exact) mass is 386 g/mol. The number of halogens is 1. The van der Waals surface area contributed by atoms with Crippen molar-refractivity contribution in [2.24, 2.45) is 0 Å². The normalized spacial score (nSPS) is 16.1. The highest BCUT2D eigenvalue weighted by Crippen LogP contribution is 2.24. The summed E-state index contributed by atoms with van der Waals surface area (Å²) < 4.78 is 0.996. The van der Waals surface area contributed by atoms with Crippen LogP contribution >= 0.6 is 15.9 Å². The SMILES string of the molecule is Cc1cc(Br)ccc1C(=O)NCC(c1ccccc1)N1CCCC1. The highest BCUT2D eigenvalue weighted by Gasteiger charge is 2.24. The van der Waals surface area contributed by atoms with Gasteiger partial charge in [-0.25, -0.2) is 0 Å². The molecule has 24 heavy (non-hydrogen) atoms. The molecule has 1 heterocycles. The van der Waals surface area contributed by atoms with Crippen LogP contribution in [0.2, 0.25) is 0 Å². The Kier molecular flexibility index (Phi) is 5.69. The van der Waals surface area contributed by atoms with Crippen LogP contribution in [0.1, 0.15) is 40.4 Å². The summed E-state index contributed by atoms with van der Waals surface area (Å²) >= 11 is 3.44. The lowest BCUT2D eigenvalue weighted by Gasteiger charge is -2.28. The minimum atomic E-state index is 0.000119. The molecule has 2 aromatic rings. The molecule has 4 heteroatoms. The Morgan fingerprint density at radius 3 is 2.54 bits per heavy atom. The van der Waals surface area contributed by atoms with E-state index in [9.17, 15) is 4.79 Å². The number of amides is 1. The fourth-order valence-corrected chi connectivity index (χ4v) is 3.83. The van der Waals surface area contributed by atoms with Crippen LogP contribution in [0.3, 0.4) is 0 Å². The Bertz CT molecular complexity index is 696. The predicted octanol–water partition coefficient (Wildman–Crippen LogP) is 4.32. The van der Waals surface area contributed by atoms with Gasteiger partial charge in [0, 0.05) is 16.6 Å². The van der Waals surface area contributed by atoms with Gasteiger partial charge in [-0.1, -0.05) is 46.3 Å². The van der Waals surface area contributed by atoms with Crippen molar-refractivity contribution in [2.45, 2.75) is 25.8 Å². The quantitative estimate of drug-likeness (QED) is 0.829. The van der Waals surface area contributed by atoms with Crippen molar-refractivity contribution in [1.82, 2.24) is 10.2 Å². The summed E-state index contributed by atoms with van der Waals surface area (Å²) in [6, 6.07) is 16.5. The minimum Gasteiger partial charge on any atom is -0.350 e. The summed E-state index contributed by atoms with van der Waals surface area (Å²) in [7, 11) is 0. The second kappa shape index (κ2) is 7.95. The van der Waals surface area contributed by atoms with Crippen LogP contribution in [0, 0.1) is 6.92 Å². The zero-order chi connectivity index (χ0) is 16.9. The second-order valence-electron chi connectivity index (χ2n) is 6.34. The van der Waals surface area contributed by atoms with Crippen LogP contribution in [0.15, 0.2) is 53.0 Å². The first kappa shape index (κ1) is 17.2. The number of rotatable bonds is 5. The zero-order valence-corrected chi connectivity index (χ0v) is 15.6. The molecule has 0 aliphatic carbocycles. The number of hydrogen-bond donors (Lipinski definition) is 1. The molecule has 1 N–H and O–H groups in total. The lowest BCUT2D eigenvalue weighted by Crippen LogP contribution is -2.37. The Balaban J connectivity index is 1.72. The first-order valence-corrected chi connectivity index (χ1v) is 9.28. The van der Waals surface area contributed by atoms with Crippen LogP contribution < -0.4 is 5.32 Å². The number of aryl methyl sites for hydroxylation is 1. The Morgan fingerprint density at radius 2 is 1.88 bits per heavy atom. The van der Waals surface area contributed by atoms with E-state index < -0.39 is 0 Å². The van der Waals surface area contributed by atoms with Crippen molar-refractivity contribution in [3.63, 3.8) is 0 Å². The summed E-state index contributed by atoms with van der Waals surface area (Å²) in [6.45, 7) is 4.81. The largest absolute Gasteiger partial charge is 0.350 e. The Hall–Kier alpha value is -1.65. The third kappa shape index (κ3) is 4.05. The molecule has 0 spiro atoms. The van der Waals surface area contributed by atoms with E-state index in [0.29, 0.717) is 6.54 Å². The highest BCUT2D eigenvalue weighted by molar-refractivity contribution is 9.10. The summed E-state index contributed by atoms with van der Waals surface area (Å²) in [5.74, 6) is 0.000119. The molecule has 1 saturated heterocycles. The minimum absolute atomic E-state index is 0.000119. The highest BCUT2D eigenvalue weighted by atomic mass is 79.9. The molecular weight excluding hydrogens is 364 g/mol. The average Bonchev–Trinajstić information content (AvgIpc) is 3.10. The molecule has 1 aliphatic rings. The molecule has 3 nitrogen and oxygen atoms in total. The summed E-state index contributed by atoms with van der Waals surface area (Å²) in [5.41, 5.74) is 3.00. The number of carbonyl (C=O) groups is 1. The average molecular weight is 387 g/mol. The van der Waals surface area contributed by atoms with E-state index in [2.05, 4.69) is 50.4 Å². The molecule has 1 amide bonds. The summed E-state index contributed by atoms with van der Waals surface area (Å²) in [5, 5.41) is 3.14. The number of hydrogen-bond acceptors (Lipinski definition) is 2. The smallest absolute Gasteiger partial charge is 0.251 e. The zero-order valence-electron chi connectivity index (χ0n) is 14.0. The number of nitrogens with one attached hydrogen (secondary N) is 1. The van der Waals surface area contributed by atoms with E-state index >= 15 is 0 Å². The maximum Gasteiger partial charge on any atom is 0.251 e. The number of benzene rings is 2. The number of carbonyl (C=O) groups excluding carboxylic acids is 1. The Labute approximate surface area is 152 Å². The van der Waals surface area contributed by atoms with Crippen LogP contribution in [0.4, 0.5) is 0 Å². The third-order valence-corrected chi connectivity index (χ3v) is 5.15. The summed E-state index contributed by atoms with van der Waals surface area (Å²) in [4.78, 5) is 15.1. The van der Waals surface area contributed by atoms with E-state index in [-0.39, 0.29) is 11.9 Å². The van der Waals surface area contributed by atoms with Gasteiger partial charge in [-0.15, -0.1) is 0 Å². The molecule has 1 aliphatic heterocycles. The maximum atomic E-state index is 12.6. The Morgan fingerprint density at radius 1 is 1.17 bits per heavy atom. The van der Waals surface area contributed by atoms with Crippen molar-refractivity contribution < 1.29 is 4.79 Å². The number of nitrogens with zero attached hydrogens (tertiary/aromatic N) is 1. The molecule has 2 aromatic carbocycles. The lowest BCUT2D eigenvalue weighted by atomic mass is 10.0. The van der Waals surface area contributed by atoms with Gasteiger partial charge in [-0.3, -0.25) is 9.69 Å². The van der Waals surface area contributed by atoms with Gasteiger partial charge in [-0.2, -0.15) is 0 Å². The van der Waals surface area contributed by atoms with Crippen LogP contribution in [0.25, 0.3) is 0 Å². The van der Waals surface area contributed by atoms with Crippen molar-refractivity contribution >= 4 is 21.8 Å². The van der Waals surface area contributed by atoms with Gasteiger partial charge in [0.1, 0.15) is 0 Å². The van der Waals surface area contributed by atoms with E-state index in [1.807, 2.05) is 31.2 Å². The van der Waals surface area contributed by atoms with E-state index in [1.54, 1.807) is 0 Å². The van der Waals surface area contributed by atoms with Crippen molar-refractivity contribution in [3.8, 4) is 0 Å². The fraction of sp³-hybridized carbons (Fsp3) is 0.350. The van der Waals surface area contributed by atoms with Crippen molar-refractivity contribution in [3.05, 3.63) is 69.7 Å². The molecule has 1 atom stereocenters. The van der Waals surface area contributed by atoms with Crippen LogP contribution in [0.5, 0.6) is 0 Å². The van der Waals surface area contributed by atoms with Gasteiger partial charge >= 0.3 is 0 Å². The molecule has 0 bridgehead atoms. The molecule has 126 valence electrons. The van der Waals surface area contributed by atoms with Crippen molar-refractivity contribution in [1.29, 1.82) is 0 Å². The molecule has 0 radical (unpaired) electrons. The van der Waals surface area contributed by atoms with Gasteiger partial charge in [-0.05, 0) is 62.2 Å². The van der Waals surface area contributed by atoms with Crippen molar-refractivity contribution in [2.75, 3.05) is 19.6 Å². The van der Waals surface area contributed by atoms with Gasteiger partial charge in [0.25, 0.3) is 5.91 Å². The topological polar surface area (TPSA) is 32.3 Å². The summed E-state index contributed by atoms with van der Waals surface area (Å²) in [6.07, 6.45) is 2.48. The van der Waals surface area contributed by atoms with E-state index in [4.69, 9.17) is 0 Å². The number of likely N-dealkylation sites (tertiary alicyclic amines) is 1. The van der Waals surface area contributed by atoms with Gasteiger partial charge < -0.3 is 5.32 Å². The predicted molar refractivity (Wildman–Crippen MR) is 101 cm³/mol. The first-order valence-electron chi connectivity index (χ1n) is 8.48. The molecule has 3 rings (SSSR count). The maximum absolute atomic E-state index is 12.6. The van der Waals surface area contributed by atoms with Crippen LogP contribution in [-0.4, -0.2) is 30.4 Å². The van der Waals surface area contributed by atoms with E-state index in [0.717, 1.165) is 28.7 Å². The van der Waals surface area contributed by atoms with Gasteiger partial charge in [0.2, 0.25) is 0 Å².